The normalized spacial score (nSPS) is 18.5. The van der Waals surface area contributed by atoms with E-state index in [1.165, 1.54) is 32.1 Å². The van der Waals surface area contributed by atoms with Gasteiger partial charge >= 0.3 is 0 Å². The highest BCUT2D eigenvalue weighted by atomic mass is 79.9. The third-order valence-electron chi connectivity index (χ3n) is 3.24. The molecule has 94 valence electrons. The first kappa shape index (κ1) is 14.0. The van der Waals surface area contributed by atoms with Crippen LogP contribution < -0.4 is 0 Å². The van der Waals surface area contributed by atoms with E-state index in [2.05, 4.69) is 20.8 Å². The van der Waals surface area contributed by atoms with Gasteiger partial charge in [-0.15, -0.1) is 0 Å². The second kappa shape index (κ2) is 6.04. The molecule has 1 aliphatic rings. The Bertz CT molecular complexity index is 229. The summed E-state index contributed by atoms with van der Waals surface area (Å²) in [5.74, 6) is 0.304. The summed E-state index contributed by atoms with van der Waals surface area (Å²) >= 11 is 3.46. The number of carbonyl (C=O) groups is 1. The van der Waals surface area contributed by atoms with Crippen molar-refractivity contribution in [3.05, 3.63) is 0 Å². The molecule has 0 spiro atoms. The standard InChI is InChI=1S/C13H24BrNO/c1-13(2,3)12(16)15(10-9-14)11-7-5-4-6-8-11/h11H,4-10H2,1-3H3. The molecule has 0 saturated heterocycles. The molecule has 0 bridgehead atoms. The molecule has 0 atom stereocenters. The first-order chi connectivity index (χ1) is 7.46. The Morgan fingerprint density at radius 3 is 2.25 bits per heavy atom. The molecule has 1 fully saturated rings. The highest BCUT2D eigenvalue weighted by Gasteiger charge is 2.31. The molecule has 0 aliphatic heterocycles. The van der Waals surface area contributed by atoms with Crippen LogP contribution in [0.3, 0.4) is 0 Å². The summed E-state index contributed by atoms with van der Waals surface area (Å²) in [6, 6.07) is 0.484. The van der Waals surface area contributed by atoms with Crippen LogP contribution >= 0.6 is 15.9 Å². The van der Waals surface area contributed by atoms with E-state index < -0.39 is 0 Å². The zero-order chi connectivity index (χ0) is 12.2. The van der Waals surface area contributed by atoms with Gasteiger partial charge in [-0.2, -0.15) is 0 Å². The highest BCUT2D eigenvalue weighted by molar-refractivity contribution is 9.09. The van der Waals surface area contributed by atoms with Crippen molar-refractivity contribution in [2.45, 2.75) is 58.9 Å². The van der Waals surface area contributed by atoms with Crippen LogP contribution in [0.25, 0.3) is 0 Å². The molecule has 0 heterocycles. The van der Waals surface area contributed by atoms with Gasteiger partial charge in [0.1, 0.15) is 0 Å². The maximum atomic E-state index is 12.4. The fraction of sp³-hybridized carbons (Fsp3) is 0.923. The fourth-order valence-electron chi connectivity index (χ4n) is 2.36. The molecule has 0 aromatic carbocycles. The van der Waals surface area contributed by atoms with E-state index in [4.69, 9.17) is 0 Å². The lowest BCUT2D eigenvalue weighted by Crippen LogP contribution is -2.47. The number of amides is 1. The van der Waals surface area contributed by atoms with Crippen LogP contribution in [0.1, 0.15) is 52.9 Å². The van der Waals surface area contributed by atoms with Crippen molar-refractivity contribution in [2.75, 3.05) is 11.9 Å². The second-order valence-electron chi connectivity index (χ2n) is 5.73. The molecule has 0 aromatic heterocycles. The van der Waals surface area contributed by atoms with E-state index in [0.717, 1.165) is 11.9 Å². The lowest BCUT2D eigenvalue weighted by molar-refractivity contribution is -0.142. The third-order valence-corrected chi connectivity index (χ3v) is 3.60. The number of rotatable bonds is 3. The van der Waals surface area contributed by atoms with Crippen LogP contribution in [0.15, 0.2) is 0 Å². The van der Waals surface area contributed by atoms with Crippen molar-refractivity contribution in [3.8, 4) is 0 Å². The zero-order valence-electron chi connectivity index (χ0n) is 10.8. The Balaban J connectivity index is 2.69. The molecule has 1 aliphatic carbocycles. The minimum Gasteiger partial charge on any atom is -0.338 e. The molecule has 0 unspecified atom stereocenters. The molecule has 1 rings (SSSR count). The zero-order valence-corrected chi connectivity index (χ0v) is 12.3. The molecular formula is C13H24BrNO. The van der Waals surface area contributed by atoms with E-state index in [0.29, 0.717) is 11.9 Å². The Hall–Kier alpha value is -0.0500. The van der Waals surface area contributed by atoms with E-state index >= 15 is 0 Å². The second-order valence-corrected chi connectivity index (χ2v) is 6.52. The molecule has 1 saturated carbocycles. The molecular weight excluding hydrogens is 266 g/mol. The van der Waals surface area contributed by atoms with E-state index in [-0.39, 0.29) is 5.41 Å². The summed E-state index contributed by atoms with van der Waals surface area (Å²) in [6.07, 6.45) is 6.27. The highest BCUT2D eigenvalue weighted by Crippen LogP contribution is 2.27. The van der Waals surface area contributed by atoms with Gasteiger partial charge in [0.15, 0.2) is 0 Å². The summed E-state index contributed by atoms with van der Waals surface area (Å²) in [6.45, 7) is 6.89. The summed E-state index contributed by atoms with van der Waals surface area (Å²) in [5, 5.41) is 0.880. The Labute approximate surface area is 108 Å². The van der Waals surface area contributed by atoms with Crippen LogP contribution in [-0.2, 0) is 4.79 Å². The number of alkyl halides is 1. The van der Waals surface area contributed by atoms with E-state index in [9.17, 15) is 4.79 Å². The van der Waals surface area contributed by atoms with Gasteiger partial charge < -0.3 is 4.90 Å². The topological polar surface area (TPSA) is 20.3 Å². The van der Waals surface area contributed by atoms with Crippen molar-refractivity contribution in [3.63, 3.8) is 0 Å². The van der Waals surface area contributed by atoms with Gasteiger partial charge in [-0.1, -0.05) is 56.0 Å². The van der Waals surface area contributed by atoms with Crippen molar-refractivity contribution < 1.29 is 4.79 Å². The Kier molecular flexibility index (Phi) is 5.29. The predicted molar refractivity (Wildman–Crippen MR) is 71.8 cm³/mol. The quantitative estimate of drug-likeness (QED) is 0.727. The number of halogens is 1. The first-order valence-electron chi connectivity index (χ1n) is 6.34. The van der Waals surface area contributed by atoms with Crippen molar-refractivity contribution in [2.24, 2.45) is 5.41 Å². The van der Waals surface area contributed by atoms with E-state index in [1.54, 1.807) is 0 Å². The molecule has 1 amide bonds. The van der Waals surface area contributed by atoms with Crippen LogP contribution in [0.5, 0.6) is 0 Å². The van der Waals surface area contributed by atoms with Gasteiger partial charge in [-0.05, 0) is 12.8 Å². The van der Waals surface area contributed by atoms with Gasteiger partial charge in [0.2, 0.25) is 5.91 Å². The molecule has 2 nitrogen and oxygen atoms in total. The molecule has 3 heteroatoms. The number of carbonyl (C=O) groups excluding carboxylic acids is 1. The molecule has 16 heavy (non-hydrogen) atoms. The average molecular weight is 290 g/mol. The number of hydrogen-bond acceptors (Lipinski definition) is 1. The molecule has 0 N–H and O–H groups in total. The third kappa shape index (κ3) is 3.76. The van der Waals surface area contributed by atoms with Gasteiger partial charge in [-0.25, -0.2) is 0 Å². The Morgan fingerprint density at radius 2 is 1.81 bits per heavy atom. The summed E-state index contributed by atoms with van der Waals surface area (Å²) in [7, 11) is 0. The SMILES string of the molecule is CC(C)(C)C(=O)N(CCBr)C1CCCCC1. The lowest BCUT2D eigenvalue weighted by Gasteiger charge is -2.37. The fourth-order valence-corrected chi connectivity index (χ4v) is 2.75. The minimum absolute atomic E-state index is 0.250. The van der Waals surface area contributed by atoms with Gasteiger partial charge in [0.25, 0.3) is 0 Å². The van der Waals surface area contributed by atoms with Crippen LogP contribution in [0.2, 0.25) is 0 Å². The summed E-state index contributed by atoms with van der Waals surface area (Å²) < 4.78 is 0. The monoisotopic (exact) mass is 289 g/mol. The predicted octanol–water partition coefficient (Wildman–Crippen LogP) is 3.59. The molecule has 0 radical (unpaired) electrons. The minimum atomic E-state index is -0.250. The Morgan fingerprint density at radius 1 is 1.25 bits per heavy atom. The summed E-state index contributed by atoms with van der Waals surface area (Å²) in [5.41, 5.74) is -0.250. The maximum Gasteiger partial charge on any atom is 0.228 e. The number of hydrogen-bond donors (Lipinski definition) is 0. The smallest absolute Gasteiger partial charge is 0.228 e. The van der Waals surface area contributed by atoms with Gasteiger partial charge in [0.05, 0.1) is 0 Å². The first-order valence-corrected chi connectivity index (χ1v) is 7.46. The lowest BCUT2D eigenvalue weighted by atomic mass is 9.89. The average Bonchev–Trinajstić information content (AvgIpc) is 2.25. The van der Waals surface area contributed by atoms with E-state index in [1.807, 2.05) is 20.8 Å². The largest absolute Gasteiger partial charge is 0.338 e. The van der Waals surface area contributed by atoms with Gasteiger partial charge in [-0.3, -0.25) is 4.79 Å². The van der Waals surface area contributed by atoms with Gasteiger partial charge in [0, 0.05) is 23.3 Å². The van der Waals surface area contributed by atoms with Crippen molar-refractivity contribution in [1.82, 2.24) is 4.90 Å². The molecule has 0 aromatic rings. The van der Waals surface area contributed by atoms with Crippen LogP contribution in [-0.4, -0.2) is 28.7 Å². The van der Waals surface area contributed by atoms with Crippen LogP contribution in [0.4, 0.5) is 0 Å². The van der Waals surface area contributed by atoms with Crippen LogP contribution in [0, 0.1) is 5.41 Å². The van der Waals surface area contributed by atoms with Crippen molar-refractivity contribution >= 4 is 21.8 Å². The number of nitrogens with zero attached hydrogens (tertiary/aromatic N) is 1. The maximum absolute atomic E-state index is 12.4. The van der Waals surface area contributed by atoms with Crippen molar-refractivity contribution in [1.29, 1.82) is 0 Å². The summed E-state index contributed by atoms with van der Waals surface area (Å²) in [4.78, 5) is 14.5.